The highest BCUT2D eigenvalue weighted by molar-refractivity contribution is 7.82. The van der Waals surface area contributed by atoms with Crippen molar-refractivity contribution in [1.82, 2.24) is 4.31 Å². The van der Waals surface area contributed by atoms with E-state index in [1.54, 1.807) is 0 Å². The Hall–Kier alpha value is -2.54. The molecule has 0 aromatic heterocycles. The Morgan fingerprint density at radius 1 is 1.07 bits per heavy atom. The number of nitrogens with zero attached hydrogens (tertiary/aromatic N) is 1. The molecule has 1 aliphatic rings. The molecule has 2 unspecified atom stereocenters. The molecule has 0 radical (unpaired) electrons. The largest absolute Gasteiger partial charge is 0.495 e. The number of fused-ring (bicyclic) bond motifs is 1. The molecule has 0 saturated carbocycles. The average Bonchev–Trinajstić information content (AvgIpc) is 2.76. The van der Waals surface area contributed by atoms with Gasteiger partial charge >= 0.3 is 0 Å². The highest BCUT2D eigenvalue weighted by atomic mass is 32.2. The van der Waals surface area contributed by atoms with Crippen molar-refractivity contribution in [2.45, 2.75) is 30.5 Å². The first-order valence-electron chi connectivity index (χ1n) is 9.86. The Labute approximate surface area is 178 Å². The summed E-state index contributed by atoms with van der Waals surface area (Å²) >= 11 is 0. The Kier molecular flexibility index (Phi) is 6.57. The fourth-order valence-corrected chi connectivity index (χ4v) is 5.14. The average molecular weight is 426 g/mol. The normalized spacial score (nSPS) is 18.1. The second-order valence-electron chi connectivity index (χ2n) is 7.25. The summed E-state index contributed by atoms with van der Waals surface area (Å²) in [5.74, 6) is -0.0353. The van der Waals surface area contributed by atoms with Gasteiger partial charge < -0.3 is 9.47 Å². The topological polar surface area (TPSA) is 38.8 Å². The molecule has 3 aromatic rings. The summed E-state index contributed by atoms with van der Waals surface area (Å²) in [5.41, 5.74) is 3.26. The van der Waals surface area contributed by atoms with Crippen molar-refractivity contribution in [3.8, 4) is 5.75 Å². The first-order valence-corrected chi connectivity index (χ1v) is 11.0. The molecule has 4 rings (SSSR count). The molecule has 0 amide bonds. The molecule has 0 bridgehead atoms. The first-order chi connectivity index (χ1) is 14.7. The maximum Gasteiger partial charge on any atom is 0.136 e. The van der Waals surface area contributed by atoms with E-state index in [0.29, 0.717) is 36.8 Å². The van der Waals surface area contributed by atoms with Crippen LogP contribution in [0.2, 0.25) is 0 Å². The van der Waals surface area contributed by atoms with Gasteiger partial charge in [0.2, 0.25) is 0 Å². The molecule has 2 atom stereocenters. The number of rotatable bonds is 5. The predicted octanol–water partition coefficient (Wildman–Crippen LogP) is 4.50. The third-order valence-electron chi connectivity index (χ3n) is 5.26. The fourth-order valence-electron chi connectivity index (χ4n) is 3.69. The quantitative estimate of drug-likeness (QED) is 0.604. The lowest BCUT2D eigenvalue weighted by Gasteiger charge is -2.33. The van der Waals surface area contributed by atoms with Crippen LogP contribution in [-0.2, 0) is 35.3 Å². The van der Waals surface area contributed by atoms with Gasteiger partial charge in [0, 0.05) is 6.54 Å². The SMILES string of the molecule is COc1ccc(F)cc1S(=O)N1Cc2ccccc2COCC1Cc1ccccc1. The summed E-state index contributed by atoms with van der Waals surface area (Å²) in [6.45, 7) is 1.42. The summed E-state index contributed by atoms with van der Waals surface area (Å²) in [6, 6.07) is 22.0. The van der Waals surface area contributed by atoms with E-state index in [2.05, 4.69) is 12.1 Å². The molecule has 1 heterocycles. The van der Waals surface area contributed by atoms with Crippen LogP contribution in [0.3, 0.4) is 0 Å². The lowest BCUT2D eigenvalue weighted by molar-refractivity contribution is 0.0690. The summed E-state index contributed by atoms with van der Waals surface area (Å²) in [6.07, 6.45) is 0.673. The van der Waals surface area contributed by atoms with E-state index >= 15 is 0 Å². The van der Waals surface area contributed by atoms with Gasteiger partial charge in [-0.1, -0.05) is 54.6 Å². The standard InChI is InChI=1S/C24H24FNO3S/c1-28-23-12-11-21(25)14-24(23)30(27)26-15-19-9-5-6-10-20(19)16-29-17-22(26)13-18-7-3-2-4-8-18/h2-12,14,22H,13,15-17H2,1H3. The molecule has 3 aromatic carbocycles. The molecular formula is C24H24FNO3S. The zero-order chi connectivity index (χ0) is 20.9. The van der Waals surface area contributed by atoms with Crippen molar-refractivity contribution >= 4 is 11.0 Å². The van der Waals surface area contributed by atoms with E-state index in [4.69, 9.17) is 9.47 Å². The van der Waals surface area contributed by atoms with Crippen molar-refractivity contribution in [2.24, 2.45) is 0 Å². The van der Waals surface area contributed by atoms with Crippen LogP contribution >= 0.6 is 0 Å². The van der Waals surface area contributed by atoms with Crippen LogP contribution in [0.15, 0.2) is 77.7 Å². The highest BCUT2D eigenvalue weighted by Gasteiger charge is 2.30. The highest BCUT2D eigenvalue weighted by Crippen LogP contribution is 2.29. The summed E-state index contributed by atoms with van der Waals surface area (Å²) in [7, 11) is -0.132. The summed E-state index contributed by atoms with van der Waals surface area (Å²) in [5, 5.41) is 0. The van der Waals surface area contributed by atoms with E-state index < -0.39 is 16.8 Å². The third kappa shape index (κ3) is 4.61. The minimum atomic E-state index is -1.63. The van der Waals surface area contributed by atoms with E-state index in [9.17, 15) is 8.60 Å². The number of hydrogen-bond acceptors (Lipinski definition) is 3. The Morgan fingerprint density at radius 3 is 2.57 bits per heavy atom. The zero-order valence-corrected chi connectivity index (χ0v) is 17.6. The second-order valence-corrected chi connectivity index (χ2v) is 8.65. The van der Waals surface area contributed by atoms with Crippen LogP contribution < -0.4 is 4.74 Å². The minimum absolute atomic E-state index is 0.144. The molecule has 0 saturated heterocycles. The van der Waals surface area contributed by atoms with Crippen LogP contribution in [0.1, 0.15) is 16.7 Å². The minimum Gasteiger partial charge on any atom is -0.495 e. The fraction of sp³-hybridized carbons (Fsp3) is 0.250. The number of benzene rings is 3. The van der Waals surface area contributed by atoms with Crippen LogP contribution in [0.4, 0.5) is 4.39 Å². The van der Waals surface area contributed by atoms with E-state index in [1.165, 1.54) is 25.3 Å². The van der Waals surface area contributed by atoms with Crippen LogP contribution in [0.5, 0.6) is 5.75 Å². The molecule has 30 heavy (non-hydrogen) atoms. The number of ether oxygens (including phenoxy) is 2. The van der Waals surface area contributed by atoms with Gasteiger partial charge in [-0.05, 0) is 41.3 Å². The molecule has 0 N–H and O–H groups in total. The van der Waals surface area contributed by atoms with Gasteiger partial charge in [-0.3, -0.25) is 0 Å². The lowest BCUT2D eigenvalue weighted by atomic mass is 10.0. The number of halogens is 1. The monoisotopic (exact) mass is 425 g/mol. The van der Waals surface area contributed by atoms with Gasteiger partial charge in [-0.15, -0.1) is 0 Å². The molecule has 1 aliphatic heterocycles. The maximum atomic E-state index is 14.0. The van der Waals surface area contributed by atoms with Crippen LogP contribution in [0.25, 0.3) is 0 Å². The van der Waals surface area contributed by atoms with Gasteiger partial charge in [0.15, 0.2) is 0 Å². The van der Waals surface area contributed by atoms with Gasteiger partial charge in [0.05, 0.1) is 31.3 Å². The summed E-state index contributed by atoms with van der Waals surface area (Å²) < 4.78 is 41.0. The summed E-state index contributed by atoms with van der Waals surface area (Å²) in [4.78, 5) is 0.327. The van der Waals surface area contributed by atoms with Crippen molar-refractivity contribution in [1.29, 1.82) is 0 Å². The second kappa shape index (κ2) is 9.51. The number of hydrogen-bond donors (Lipinski definition) is 0. The van der Waals surface area contributed by atoms with Crippen molar-refractivity contribution < 1.29 is 18.1 Å². The predicted molar refractivity (Wildman–Crippen MR) is 115 cm³/mol. The molecule has 156 valence electrons. The Bertz CT molecular complexity index is 1030. The molecule has 4 nitrogen and oxygen atoms in total. The van der Waals surface area contributed by atoms with E-state index in [0.717, 1.165) is 16.7 Å². The lowest BCUT2D eigenvalue weighted by Crippen LogP contribution is -2.42. The van der Waals surface area contributed by atoms with E-state index in [1.807, 2.05) is 46.8 Å². The molecule has 0 fully saturated rings. The first kappa shape index (κ1) is 20.7. The van der Waals surface area contributed by atoms with Crippen molar-refractivity contribution in [3.63, 3.8) is 0 Å². The van der Waals surface area contributed by atoms with Gasteiger partial charge in [-0.25, -0.2) is 12.9 Å². The van der Waals surface area contributed by atoms with Crippen LogP contribution in [0, 0.1) is 5.82 Å². The Balaban J connectivity index is 1.73. The van der Waals surface area contributed by atoms with Crippen LogP contribution in [-0.4, -0.2) is 28.3 Å². The molecule has 0 aliphatic carbocycles. The molecule has 6 heteroatoms. The Morgan fingerprint density at radius 2 is 1.80 bits per heavy atom. The smallest absolute Gasteiger partial charge is 0.136 e. The number of methoxy groups -OCH3 is 1. The van der Waals surface area contributed by atoms with Gasteiger partial charge in [0.25, 0.3) is 0 Å². The molecular weight excluding hydrogens is 401 g/mol. The molecule has 0 spiro atoms. The van der Waals surface area contributed by atoms with E-state index in [-0.39, 0.29) is 6.04 Å². The third-order valence-corrected chi connectivity index (χ3v) is 6.81. The van der Waals surface area contributed by atoms with Gasteiger partial charge in [0.1, 0.15) is 22.6 Å². The van der Waals surface area contributed by atoms with Crippen molar-refractivity contribution in [2.75, 3.05) is 13.7 Å². The van der Waals surface area contributed by atoms with Gasteiger partial charge in [-0.2, -0.15) is 0 Å². The maximum absolute atomic E-state index is 14.0. The van der Waals surface area contributed by atoms with Crippen molar-refractivity contribution in [3.05, 3.63) is 95.3 Å². The zero-order valence-electron chi connectivity index (χ0n) is 16.8.